The Morgan fingerprint density at radius 1 is 0.931 bits per heavy atom. The monoisotopic (exact) mass is 384 g/mol. The first-order valence-electron chi connectivity index (χ1n) is 9.44. The topological polar surface area (TPSA) is 62.6 Å². The molecule has 0 bridgehead atoms. The molecule has 3 atom stereocenters. The van der Waals surface area contributed by atoms with Gasteiger partial charge in [-0.1, -0.05) is 78.9 Å². The number of ether oxygens (including phenoxy) is 1. The molecule has 0 amide bonds. The Hall–Kier alpha value is -3.46. The minimum Gasteiger partial charge on any atom is -0.453 e. The summed E-state index contributed by atoms with van der Waals surface area (Å²) in [7, 11) is 0. The van der Waals surface area contributed by atoms with Gasteiger partial charge in [0.25, 0.3) is 0 Å². The van der Waals surface area contributed by atoms with Crippen molar-refractivity contribution in [2.75, 3.05) is 0 Å². The lowest BCUT2D eigenvalue weighted by atomic mass is 9.98. The third-order valence-electron chi connectivity index (χ3n) is 4.87. The maximum absolute atomic E-state index is 12.7. The summed E-state index contributed by atoms with van der Waals surface area (Å²) in [6.07, 6.45) is -1.64. The Morgan fingerprint density at radius 2 is 1.52 bits per heavy atom. The molecule has 1 aliphatic heterocycles. The summed E-state index contributed by atoms with van der Waals surface area (Å²) >= 11 is 0. The standard InChI is InChI=1S/C24H20N2O3/c25-16-21-23(28-24(27)20-14-8-3-9-15-20)22(19-12-6-2-7-13-19)26(29-21)17-18-10-4-1-5-11-18/h1-15,21-23H,17H2/t21-,22-,23+/m1/s1. The molecule has 0 aliphatic carbocycles. The maximum Gasteiger partial charge on any atom is 0.338 e. The lowest BCUT2D eigenvalue weighted by molar-refractivity contribution is -0.158. The number of nitriles is 1. The van der Waals surface area contributed by atoms with E-state index in [0.717, 1.165) is 11.1 Å². The molecule has 1 heterocycles. The van der Waals surface area contributed by atoms with E-state index in [2.05, 4.69) is 6.07 Å². The van der Waals surface area contributed by atoms with Gasteiger partial charge in [-0.15, -0.1) is 0 Å². The molecule has 144 valence electrons. The number of nitrogens with zero attached hydrogens (tertiary/aromatic N) is 2. The fraction of sp³-hybridized carbons (Fsp3) is 0.167. The molecule has 0 spiro atoms. The molecule has 0 N–H and O–H groups in total. The summed E-state index contributed by atoms with van der Waals surface area (Å²) in [5.41, 5.74) is 2.41. The molecule has 29 heavy (non-hydrogen) atoms. The quantitative estimate of drug-likeness (QED) is 0.614. The molecule has 3 aromatic carbocycles. The van der Waals surface area contributed by atoms with Gasteiger partial charge in [0.15, 0.2) is 6.10 Å². The molecule has 1 fully saturated rings. The van der Waals surface area contributed by atoms with Crippen LogP contribution in [0.5, 0.6) is 0 Å². The van der Waals surface area contributed by atoms with Gasteiger partial charge in [0.05, 0.1) is 12.1 Å². The number of esters is 1. The largest absolute Gasteiger partial charge is 0.453 e. The fourth-order valence-electron chi connectivity index (χ4n) is 3.50. The van der Waals surface area contributed by atoms with Gasteiger partial charge in [-0.2, -0.15) is 10.3 Å². The highest BCUT2D eigenvalue weighted by molar-refractivity contribution is 5.89. The van der Waals surface area contributed by atoms with Crippen molar-refractivity contribution in [3.63, 3.8) is 0 Å². The van der Waals surface area contributed by atoms with Crippen molar-refractivity contribution in [1.29, 1.82) is 5.26 Å². The second kappa shape index (κ2) is 8.70. The van der Waals surface area contributed by atoms with Crippen LogP contribution in [0.4, 0.5) is 0 Å². The van der Waals surface area contributed by atoms with Crippen molar-refractivity contribution in [3.8, 4) is 6.07 Å². The average molecular weight is 384 g/mol. The molecule has 5 nitrogen and oxygen atoms in total. The number of hydroxylamine groups is 2. The van der Waals surface area contributed by atoms with E-state index in [0.29, 0.717) is 12.1 Å². The van der Waals surface area contributed by atoms with Gasteiger partial charge in [-0.05, 0) is 23.3 Å². The van der Waals surface area contributed by atoms with E-state index in [-0.39, 0.29) is 0 Å². The number of hydrogen-bond donors (Lipinski definition) is 0. The average Bonchev–Trinajstić information content (AvgIpc) is 3.12. The molecule has 3 aromatic rings. The lowest BCUT2D eigenvalue weighted by Crippen LogP contribution is -2.32. The summed E-state index contributed by atoms with van der Waals surface area (Å²) in [6.45, 7) is 0.470. The number of rotatable bonds is 5. The minimum atomic E-state index is -0.892. The van der Waals surface area contributed by atoms with Gasteiger partial charge in [-0.3, -0.25) is 4.84 Å². The van der Waals surface area contributed by atoms with Crippen molar-refractivity contribution in [2.45, 2.75) is 24.8 Å². The summed E-state index contributed by atoms with van der Waals surface area (Å²) in [5.74, 6) is -0.470. The highest BCUT2D eigenvalue weighted by Crippen LogP contribution is 2.38. The van der Waals surface area contributed by atoms with Gasteiger partial charge in [0.1, 0.15) is 12.1 Å². The summed E-state index contributed by atoms with van der Waals surface area (Å²) in [5, 5.41) is 11.4. The van der Waals surface area contributed by atoms with Crippen molar-refractivity contribution in [3.05, 3.63) is 108 Å². The van der Waals surface area contributed by atoms with Crippen LogP contribution in [0.25, 0.3) is 0 Å². The molecule has 1 aliphatic rings. The summed E-state index contributed by atoms with van der Waals surface area (Å²) in [4.78, 5) is 18.6. The van der Waals surface area contributed by atoms with Gasteiger partial charge in [0, 0.05) is 0 Å². The zero-order valence-corrected chi connectivity index (χ0v) is 15.7. The Morgan fingerprint density at radius 3 is 2.14 bits per heavy atom. The first-order chi connectivity index (χ1) is 14.3. The van der Waals surface area contributed by atoms with E-state index >= 15 is 0 Å². The number of carbonyl (C=O) groups is 1. The Balaban J connectivity index is 1.65. The number of hydrogen-bond acceptors (Lipinski definition) is 5. The van der Waals surface area contributed by atoms with Crippen LogP contribution in [0.1, 0.15) is 27.5 Å². The van der Waals surface area contributed by atoms with Crippen LogP contribution in [-0.2, 0) is 16.1 Å². The number of benzene rings is 3. The van der Waals surface area contributed by atoms with E-state index in [1.165, 1.54) is 0 Å². The maximum atomic E-state index is 12.7. The van der Waals surface area contributed by atoms with Crippen molar-refractivity contribution >= 4 is 5.97 Å². The Kier molecular flexibility index (Phi) is 5.66. The molecule has 0 aromatic heterocycles. The molecule has 1 saturated heterocycles. The fourth-order valence-corrected chi connectivity index (χ4v) is 3.50. The number of carbonyl (C=O) groups excluding carboxylic acids is 1. The highest BCUT2D eigenvalue weighted by atomic mass is 16.7. The predicted octanol–water partition coefficient (Wildman–Crippen LogP) is 4.29. The van der Waals surface area contributed by atoms with Gasteiger partial charge in [-0.25, -0.2) is 4.79 Å². The van der Waals surface area contributed by atoms with Crippen molar-refractivity contribution in [2.24, 2.45) is 0 Å². The molecular formula is C24H20N2O3. The van der Waals surface area contributed by atoms with Crippen LogP contribution >= 0.6 is 0 Å². The second-order valence-corrected chi connectivity index (χ2v) is 6.81. The van der Waals surface area contributed by atoms with Crippen LogP contribution in [0.15, 0.2) is 91.0 Å². The van der Waals surface area contributed by atoms with E-state index in [1.54, 1.807) is 29.3 Å². The zero-order valence-electron chi connectivity index (χ0n) is 15.7. The minimum absolute atomic E-state index is 0.395. The van der Waals surface area contributed by atoms with Gasteiger partial charge < -0.3 is 4.74 Å². The van der Waals surface area contributed by atoms with E-state index in [1.807, 2.05) is 66.7 Å². The van der Waals surface area contributed by atoms with Crippen LogP contribution in [0, 0.1) is 11.3 Å². The third-order valence-corrected chi connectivity index (χ3v) is 4.87. The smallest absolute Gasteiger partial charge is 0.338 e. The van der Waals surface area contributed by atoms with E-state index < -0.39 is 24.2 Å². The zero-order chi connectivity index (χ0) is 20.1. The molecule has 4 rings (SSSR count). The van der Waals surface area contributed by atoms with Crippen LogP contribution in [-0.4, -0.2) is 23.2 Å². The van der Waals surface area contributed by atoms with Crippen molar-refractivity contribution < 1.29 is 14.4 Å². The summed E-state index contributed by atoms with van der Waals surface area (Å²) < 4.78 is 5.81. The predicted molar refractivity (Wildman–Crippen MR) is 107 cm³/mol. The SMILES string of the molecule is N#C[C@H]1ON(Cc2ccccc2)[C@H](c2ccccc2)[C@H]1OC(=O)c1ccccc1. The molecule has 0 unspecified atom stereocenters. The van der Waals surface area contributed by atoms with E-state index in [4.69, 9.17) is 9.57 Å². The molecular weight excluding hydrogens is 364 g/mol. The third kappa shape index (κ3) is 4.19. The lowest BCUT2D eigenvalue weighted by Gasteiger charge is -2.25. The summed E-state index contributed by atoms with van der Waals surface area (Å²) in [6, 6.07) is 30.1. The van der Waals surface area contributed by atoms with Gasteiger partial charge >= 0.3 is 5.97 Å². The van der Waals surface area contributed by atoms with Crippen molar-refractivity contribution in [1.82, 2.24) is 5.06 Å². The molecule has 5 heteroatoms. The van der Waals surface area contributed by atoms with E-state index in [9.17, 15) is 10.1 Å². The highest BCUT2D eigenvalue weighted by Gasteiger charge is 2.47. The Labute approximate surface area is 169 Å². The first-order valence-corrected chi connectivity index (χ1v) is 9.44. The molecule has 0 radical (unpaired) electrons. The van der Waals surface area contributed by atoms with Gasteiger partial charge in [0.2, 0.25) is 6.10 Å². The molecule has 0 saturated carbocycles. The first kappa shape index (κ1) is 18.9. The van der Waals surface area contributed by atoms with Crippen LogP contribution in [0.2, 0.25) is 0 Å². The van der Waals surface area contributed by atoms with Crippen LogP contribution < -0.4 is 0 Å². The second-order valence-electron chi connectivity index (χ2n) is 6.81. The Bertz CT molecular complexity index is 987. The normalized spacial score (nSPS) is 21.4. The van der Waals surface area contributed by atoms with Crippen LogP contribution in [0.3, 0.4) is 0 Å².